The molecule has 0 spiro atoms. The molecule has 0 fully saturated rings. The lowest BCUT2D eigenvalue weighted by Gasteiger charge is -2.13. The second-order valence-electron chi connectivity index (χ2n) is 5.75. The summed E-state index contributed by atoms with van der Waals surface area (Å²) in [5.41, 5.74) is 1.99. The number of benzene rings is 2. The molecule has 1 atom stereocenters. The minimum absolute atomic E-state index is 0. The normalized spacial score (nSPS) is 11.1. The number of hydrogen-bond acceptors (Lipinski definition) is 3. The third-order valence-electron chi connectivity index (χ3n) is 3.99. The van der Waals surface area contributed by atoms with Gasteiger partial charge < -0.3 is 5.32 Å². The fourth-order valence-corrected chi connectivity index (χ4v) is 2.53. The number of nitrogens with one attached hydrogen (secondary N) is 1. The summed E-state index contributed by atoms with van der Waals surface area (Å²) in [6.07, 6.45) is 1.62. The number of pyridine rings is 1. The van der Waals surface area contributed by atoms with Gasteiger partial charge >= 0.3 is 0 Å². The van der Waals surface area contributed by atoms with Crippen LogP contribution in [-0.4, -0.2) is 16.7 Å². The number of anilines is 1. The van der Waals surface area contributed by atoms with Crippen LogP contribution in [0.4, 0.5) is 5.82 Å². The Hall–Kier alpha value is -2.98. The highest BCUT2D eigenvalue weighted by Gasteiger charge is 2.17. The van der Waals surface area contributed by atoms with Crippen molar-refractivity contribution in [2.45, 2.75) is 12.8 Å². The van der Waals surface area contributed by atoms with Crippen molar-refractivity contribution in [1.29, 1.82) is 0 Å². The van der Waals surface area contributed by atoms with E-state index in [4.69, 9.17) is 0 Å². The fraction of sp³-hybridized carbons (Fsp3) is 0.0952. The molecular formula is C21H19ClN2O2. The van der Waals surface area contributed by atoms with Crippen LogP contribution in [0.1, 0.15) is 34.3 Å². The molecule has 0 aliphatic heterocycles. The predicted molar refractivity (Wildman–Crippen MR) is 105 cm³/mol. The summed E-state index contributed by atoms with van der Waals surface area (Å²) < 4.78 is 0. The number of nitrogens with zero attached hydrogens (tertiary/aromatic N) is 1. The molecule has 132 valence electrons. The van der Waals surface area contributed by atoms with Gasteiger partial charge in [0.25, 0.3) is 0 Å². The summed E-state index contributed by atoms with van der Waals surface area (Å²) in [6, 6.07) is 21.6. The average molecular weight is 367 g/mol. The molecule has 0 bridgehead atoms. The molecule has 1 amide bonds. The number of ketones is 1. The molecule has 1 aromatic heterocycles. The van der Waals surface area contributed by atoms with Gasteiger partial charge in [0, 0.05) is 17.3 Å². The first-order chi connectivity index (χ1) is 12.1. The number of hydrogen-bond donors (Lipinski definition) is 1. The van der Waals surface area contributed by atoms with Crippen LogP contribution in [-0.2, 0) is 4.79 Å². The van der Waals surface area contributed by atoms with Gasteiger partial charge in [-0.05, 0) is 30.7 Å². The van der Waals surface area contributed by atoms with E-state index in [2.05, 4.69) is 10.3 Å². The van der Waals surface area contributed by atoms with Gasteiger partial charge in [0.05, 0.1) is 5.92 Å². The van der Waals surface area contributed by atoms with Gasteiger partial charge in [-0.2, -0.15) is 0 Å². The van der Waals surface area contributed by atoms with Crippen LogP contribution in [0, 0.1) is 0 Å². The molecule has 0 unspecified atom stereocenters. The second kappa shape index (κ2) is 8.92. The molecule has 0 aliphatic carbocycles. The Morgan fingerprint density at radius 3 is 2.27 bits per heavy atom. The summed E-state index contributed by atoms with van der Waals surface area (Å²) in [6.45, 7) is 1.81. The first kappa shape index (κ1) is 19.3. The predicted octanol–water partition coefficient (Wildman–Crippen LogP) is 4.48. The largest absolute Gasteiger partial charge is 0.310 e. The molecule has 3 aromatic rings. The van der Waals surface area contributed by atoms with Crippen LogP contribution in [0.15, 0.2) is 79.0 Å². The van der Waals surface area contributed by atoms with Crippen LogP contribution in [0.25, 0.3) is 0 Å². The van der Waals surface area contributed by atoms with Gasteiger partial charge in [-0.25, -0.2) is 4.98 Å². The van der Waals surface area contributed by atoms with Gasteiger partial charge in [-0.3, -0.25) is 9.59 Å². The molecule has 0 saturated heterocycles. The van der Waals surface area contributed by atoms with E-state index in [1.165, 1.54) is 0 Å². The van der Waals surface area contributed by atoms with Gasteiger partial charge in [-0.1, -0.05) is 54.6 Å². The zero-order chi connectivity index (χ0) is 17.6. The molecular weight excluding hydrogens is 348 g/mol. The van der Waals surface area contributed by atoms with E-state index >= 15 is 0 Å². The number of amides is 1. The monoisotopic (exact) mass is 366 g/mol. The standard InChI is InChI=1S/C21H18N2O2.ClH/c1-15(21(25)23-19-12-5-6-13-22-19)17-10-7-11-18(14-17)20(24)16-8-3-2-4-9-16;/h2-15H,1H3,(H,22,23,25);1H/t15-;/m1./s1. The van der Waals surface area contributed by atoms with Crippen molar-refractivity contribution in [3.63, 3.8) is 0 Å². The van der Waals surface area contributed by atoms with E-state index < -0.39 is 5.92 Å². The van der Waals surface area contributed by atoms with E-state index in [0.717, 1.165) is 5.56 Å². The molecule has 0 saturated carbocycles. The van der Waals surface area contributed by atoms with E-state index in [1.54, 1.807) is 48.7 Å². The summed E-state index contributed by atoms with van der Waals surface area (Å²) in [5.74, 6) is -0.107. The Morgan fingerprint density at radius 2 is 1.58 bits per heavy atom. The number of carbonyl (C=O) groups is 2. The number of carbonyl (C=O) groups excluding carboxylic acids is 2. The fourth-order valence-electron chi connectivity index (χ4n) is 2.53. The quantitative estimate of drug-likeness (QED) is 0.677. The van der Waals surface area contributed by atoms with Crippen molar-refractivity contribution in [2.24, 2.45) is 0 Å². The molecule has 26 heavy (non-hydrogen) atoms. The maximum Gasteiger partial charge on any atom is 0.232 e. The van der Waals surface area contributed by atoms with Crippen LogP contribution in [0.2, 0.25) is 0 Å². The Balaban J connectivity index is 0.00000243. The highest BCUT2D eigenvalue weighted by Crippen LogP contribution is 2.20. The Labute approximate surface area is 158 Å². The molecule has 2 aromatic carbocycles. The first-order valence-corrected chi connectivity index (χ1v) is 8.07. The Kier molecular flexibility index (Phi) is 6.64. The summed E-state index contributed by atoms with van der Waals surface area (Å²) in [4.78, 5) is 29.1. The number of halogens is 1. The molecule has 0 aliphatic rings. The highest BCUT2D eigenvalue weighted by molar-refractivity contribution is 6.09. The van der Waals surface area contributed by atoms with E-state index in [9.17, 15) is 9.59 Å². The van der Waals surface area contributed by atoms with Crippen LogP contribution in [0.3, 0.4) is 0 Å². The van der Waals surface area contributed by atoms with Crippen molar-refractivity contribution in [1.82, 2.24) is 4.98 Å². The molecule has 1 N–H and O–H groups in total. The van der Waals surface area contributed by atoms with Crippen molar-refractivity contribution in [3.8, 4) is 0 Å². The zero-order valence-electron chi connectivity index (χ0n) is 14.3. The van der Waals surface area contributed by atoms with Crippen molar-refractivity contribution in [2.75, 3.05) is 5.32 Å². The molecule has 0 radical (unpaired) electrons. The summed E-state index contributed by atoms with van der Waals surface area (Å²) in [7, 11) is 0. The van der Waals surface area contributed by atoms with Crippen molar-refractivity contribution in [3.05, 3.63) is 95.7 Å². The maximum atomic E-state index is 12.6. The summed E-state index contributed by atoms with van der Waals surface area (Å²) >= 11 is 0. The molecule has 1 heterocycles. The SMILES string of the molecule is C[C@@H](C(=O)Nc1ccccn1)c1cccc(C(=O)c2ccccc2)c1.Cl. The minimum atomic E-state index is -0.398. The van der Waals surface area contributed by atoms with Crippen molar-refractivity contribution >= 4 is 29.9 Å². The molecule has 5 heteroatoms. The highest BCUT2D eigenvalue weighted by atomic mass is 35.5. The Bertz CT molecular complexity index is 883. The molecule has 4 nitrogen and oxygen atoms in total. The third-order valence-corrected chi connectivity index (χ3v) is 3.99. The second-order valence-corrected chi connectivity index (χ2v) is 5.75. The lowest BCUT2D eigenvalue weighted by Crippen LogP contribution is -2.19. The smallest absolute Gasteiger partial charge is 0.232 e. The lowest BCUT2D eigenvalue weighted by atomic mass is 9.95. The van der Waals surface area contributed by atoms with E-state index in [-0.39, 0.29) is 24.1 Å². The van der Waals surface area contributed by atoms with E-state index in [0.29, 0.717) is 16.9 Å². The topological polar surface area (TPSA) is 59.1 Å². The zero-order valence-corrected chi connectivity index (χ0v) is 15.1. The Morgan fingerprint density at radius 1 is 0.885 bits per heavy atom. The minimum Gasteiger partial charge on any atom is -0.310 e. The number of rotatable bonds is 5. The number of aromatic nitrogens is 1. The lowest BCUT2D eigenvalue weighted by molar-refractivity contribution is -0.117. The van der Waals surface area contributed by atoms with Gasteiger partial charge in [0.1, 0.15) is 5.82 Å². The average Bonchev–Trinajstić information content (AvgIpc) is 2.68. The van der Waals surface area contributed by atoms with Crippen LogP contribution in [0.5, 0.6) is 0 Å². The van der Waals surface area contributed by atoms with Crippen molar-refractivity contribution < 1.29 is 9.59 Å². The van der Waals surface area contributed by atoms with Gasteiger partial charge in [0.15, 0.2) is 5.78 Å². The maximum absolute atomic E-state index is 12.6. The molecule has 3 rings (SSSR count). The van der Waals surface area contributed by atoms with Crippen LogP contribution < -0.4 is 5.32 Å². The summed E-state index contributed by atoms with van der Waals surface area (Å²) in [5, 5.41) is 2.79. The van der Waals surface area contributed by atoms with E-state index in [1.807, 2.05) is 37.3 Å². The van der Waals surface area contributed by atoms with Crippen LogP contribution >= 0.6 is 12.4 Å². The third kappa shape index (κ3) is 4.55. The first-order valence-electron chi connectivity index (χ1n) is 8.07. The van der Waals surface area contributed by atoms with Gasteiger partial charge in [0.2, 0.25) is 5.91 Å². The van der Waals surface area contributed by atoms with Gasteiger partial charge in [-0.15, -0.1) is 12.4 Å².